The third-order valence-corrected chi connectivity index (χ3v) is 8.45. The van der Waals surface area contributed by atoms with Gasteiger partial charge in [-0.3, -0.25) is 0 Å². The predicted octanol–water partition coefficient (Wildman–Crippen LogP) is 6.00. The summed E-state index contributed by atoms with van der Waals surface area (Å²) in [5.74, 6) is 4.81. The Bertz CT molecular complexity index is 472. The minimum Gasteiger partial charge on any atom is -0.0806 e. The molecule has 0 amide bonds. The lowest BCUT2D eigenvalue weighted by molar-refractivity contribution is -0.0670. The summed E-state index contributed by atoms with van der Waals surface area (Å²) in [6.45, 7) is 7.65. The maximum Gasteiger partial charge on any atom is -0.00496 e. The monoisotopic (exact) mass is 284 g/mol. The quantitative estimate of drug-likeness (QED) is 0.554. The Morgan fingerprint density at radius 1 is 0.952 bits per heavy atom. The normalized spacial score (nSPS) is 54.9. The molecule has 7 atom stereocenters. The van der Waals surface area contributed by atoms with Gasteiger partial charge in [0.1, 0.15) is 0 Å². The highest BCUT2D eigenvalue weighted by Crippen LogP contribution is 2.66. The highest BCUT2D eigenvalue weighted by Gasteiger charge is 2.58. The maximum absolute atomic E-state index is 2.65. The molecule has 21 heavy (non-hydrogen) atoms. The van der Waals surface area contributed by atoms with Gasteiger partial charge in [-0.05, 0) is 78.9 Å². The van der Waals surface area contributed by atoms with E-state index in [4.69, 9.17) is 0 Å². The largest absolute Gasteiger partial charge is 0.0806 e. The zero-order chi connectivity index (χ0) is 14.7. The van der Waals surface area contributed by atoms with E-state index >= 15 is 0 Å². The van der Waals surface area contributed by atoms with Gasteiger partial charge in [0.05, 0.1) is 0 Å². The van der Waals surface area contributed by atoms with Crippen molar-refractivity contribution in [2.45, 2.75) is 65.7 Å². The molecule has 0 heteroatoms. The minimum absolute atomic E-state index is 0.462. The summed E-state index contributed by atoms with van der Waals surface area (Å²) in [6.07, 6.45) is 20.1. The first kappa shape index (κ1) is 14.1. The van der Waals surface area contributed by atoms with E-state index in [1.807, 2.05) is 0 Å². The van der Waals surface area contributed by atoms with Crippen molar-refractivity contribution in [2.75, 3.05) is 0 Å². The number of fused-ring (bicyclic) bond motifs is 5. The van der Waals surface area contributed by atoms with Crippen LogP contribution in [0.2, 0.25) is 0 Å². The summed E-state index contributed by atoms with van der Waals surface area (Å²) in [7, 11) is 0. The standard InChI is InChI=1S/C21H32/c1-4-15-9-11-18-17-10-8-16-7-5-6-13-20(16,2)19(17)12-14-21(15,18)3/h5-7,13,15-19H,4,8-12,14H2,1-3H3/t15-,16+,17-,18-,19-,20-,21+/m0/s1. The fourth-order valence-corrected chi connectivity index (χ4v) is 7.21. The third kappa shape index (κ3) is 1.80. The molecule has 0 aromatic carbocycles. The van der Waals surface area contributed by atoms with Gasteiger partial charge >= 0.3 is 0 Å². The molecular weight excluding hydrogens is 252 g/mol. The number of hydrogen-bond acceptors (Lipinski definition) is 0. The highest BCUT2D eigenvalue weighted by atomic mass is 14.6. The number of allylic oxidation sites excluding steroid dienone is 4. The highest BCUT2D eigenvalue weighted by molar-refractivity contribution is 5.23. The van der Waals surface area contributed by atoms with Crippen LogP contribution in [0.15, 0.2) is 24.3 Å². The zero-order valence-corrected chi connectivity index (χ0v) is 14.1. The van der Waals surface area contributed by atoms with Crippen molar-refractivity contribution in [3.05, 3.63) is 24.3 Å². The second-order valence-electron chi connectivity index (χ2n) is 8.90. The molecule has 0 spiro atoms. The van der Waals surface area contributed by atoms with E-state index in [2.05, 4.69) is 45.1 Å². The van der Waals surface area contributed by atoms with Gasteiger partial charge in [0.25, 0.3) is 0 Å². The Kier molecular flexibility index (Phi) is 3.18. The van der Waals surface area contributed by atoms with Crippen LogP contribution in [-0.2, 0) is 0 Å². The summed E-state index contributed by atoms with van der Waals surface area (Å²) >= 11 is 0. The van der Waals surface area contributed by atoms with Crippen molar-refractivity contribution in [3.63, 3.8) is 0 Å². The summed E-state index contributed by atoms with van der Waals surface area (Å²) in [5, 5.41) is 0. The van der Waals surface area contributed by atoms with Crippen LogP contribution in [0.1, 0.15) is 65.7 Å². The number of rotatable bonds is 1. The summed E-state index contributed by atoms with van der Waals surface area (Å²) in [6, 6.07) is 0. The topological polar surface area (TPSA) is 0 Å². The van der Waals surface area contributed by atoms with Crippen LogP contribution >= 0.6 is 0 Å². The van der Waals surface area contributed by atoms with Crippen molar-refractivity contribution in [3.8, 4) is 0 Å². The van der Waals surface area contributed by atoms with Crippen LogP contribution in [0.5, 0.6) is 0 Å². The second-order valence-corrected chi connectivity index (χ2v) is 8.90. The molecule has 0 unspecified atom stereocenters. The molecule has 0 N–H and O–H groups in total. The Hall–Kier alpha value is -0.520. The van der Waals surface area contributed by atoms with Gasteiger partial charge < -0.3 is 0 Å². The molecule has 0 nitrogen and oxygen atoms in total. The van der Waals surface area contributed by atoms with Crippen LogP contribution in [0, 0.1) is 40.4 Å². The van der Waals surface area contributed by atoms with Gasteiger partial charge in [-0.25, -0.2) is 0 Å². The lowest BCUT2D eigenvalue weighted by atomic mass is 9.46. The van der Waals surface area contributed by atoms with E-state index in [0.717, 1.165) is 29.6 Å². The molecule has 116 valence electrons. The van der Waals surface area contributed by atoms with Crippen molar-refractivity contribution >= 4 is 0 Å². The van der Waals surface area contributed by atoms with Crippen molar-refractivity contribution in [1.29, 1.82) is 0 Å². The average Bonchev–Trinajstić information content (AvgIpc) is 2.83. The smallest absolute Gasteiger partial charge is 0.00496 e. The SMILES string of the molecule is CC[C@H]1CC[C@H]2[C@@H]3CC[C@H]4C=CC=C[C@]4(C)[C@H]3CC[C@]12C. The van der Waals surface area contributed by atoms with Crippen LogP contribution in [0.25, 0.3) is 0 Å². The maximum atomic E-state index is 2.65. The van der Waals surface area contributed by atoms with Gasteiger partial charge in [0.2, 0.25) is 0 Å². The average molecular weight is 284 g/mol. The Morgan fingerprint density at radius 2 is 1.81 bits per heavy atom. The molecule has 0 bridgehead atoms. The Labute approximate surface area is 131 Å². The van der Waals surface area contributed by atoms with Gasteiger partial charge in [0, 0.05) is 0 Å². The lowest BCUT2D eigenvalue weighted by Gasteiger charge is -2.58. The Balaban J connectivity index is 1.66. The molecule has 0 aromatic heterocycles. The molecular formula is C21H32. The molecule has 0 saturated heterocycles. The Morgan fingerprint density at radius 3 is 2.62 bits per heavy atom. The van der Waals surface area contributed by atoms with Crippen LogP contribution in [-0.4, -0.2) is 0 Å². The van der Waals surface area contributed by atoms with E-state index in [0.29, 0.717) is 10.8 Å². The van der Waals surface area contributed by atoms with E-state index in [1.165, 1.54) is 44.9 Å². The molecule has 0 heterocycles. The first-order valence-electron chi connectivity index (χ1n) is 9.45. The molecule has 3 fully saturated rings. The van der Waals surface area contributed by atoms with Gasteiger partial charge in [0.15, 0.2) is 0 Å². The number of hydrogen-bond donors (Lipinski definition) is 0. The zero-order valence-electron chi connectivity index (χ0n) is 14.1. The molecule has 0 radical (unpaired) electrons. The second kappa shape index (κ2) is 4.74. The fraction of sp³-hybridized carbons (Fsp3) is 0.810. The fourth-order valence-electron chi connectivity index (χ4n) is 7.21. The molecule has 4 aliphatic rings. The molecule has 4 aliphatic carbocycles. The van der Waals surface area contributed by atoms with Crippen molar-refractivity contribution in [1.82, 2.24) is 0 Å². The van der Waals surface area contributed by atoms with Crippen LogP contribution in [0.3, 0.4) is 0 Å². The van der Waals surface area contributed by atoms with Gasteiger partial charge in [-0.2, -0.15) is 0 Å². The van der Waals surface area contributed by atoms with E-state index in [-0.39, 0.29) is 0 Å². The molecule has 0 aliphatic heterocycles. The first-order valence-corrected chi connectivity index (χ1v) is 9.45. The lowest BCUT2D eigenvalue weighted by Crippen LogP contribution is -2.51. The van der Waals surface area contributed by atoms with E-state index < -0.39 is 0 Å². The summed E-state index contributed by atoms with van der Waals surface area (Å²) < 4.78 is 0. The minimum atomic E-state index is 0.462. The third-order valence-electron chi connectivity index (χ3n) is 8.45. The van der Waals surface area contributed by atoms with E-state index in [1.54, 1.807) is 0 Å². The summed E-state index contributed by atoms with van der Waals surface area (Å²) in [4.78, 5) is 0. The van der Waals surface area contributed by atoms with Gasteiger partial charge in [-0.15, -0.1) is 0 Å². The van der Waals surface area contributed by atoms with E-state index in [9.17, 15) is 0 Å². The van der Waals surface area contributed by atoms with Crippen molar-refractivity contribution < 1.29 is 0 Å². The van der Waals surface area contributed by atoms with Crippen molar-refractivity contribution in [2.24, 2.45) is 40.4 Å². The van der Waals surface area contributed by atoms with Crippen LogP contribution in [0.4, 0.5) is 0 Å². The predicted molar refractivity (Wildman–Crippen MR) is 89.9 cm³/mol. The molecule has 3 saturated carbocycles. The van der Waals surface area contributed by atoms with Gasteiger partial charge in [-0.1, -0.05) is 51.5 Å². The summed E-state index contributed by atoms with van der Waals surface area (Å²) in [5.41, 5.74) is 1.14. The molecule has 4 rings (SSSR count). The first-order chi connectivity index (χ1) is 10.1. The molecule has 0 aromatic rings. The van der Waals surface area contributed by atoms with Crippen LogP contribution < -0.4 is 0 Å².